The Balaban J connectivity index is 1.76. The van der Waals surface area contributed by atoms with E-state index >= 15 is 0 Å². The highest BCUT2D eigenvalue weighted by atomic mass is 35.5. The molecule has 5 nitrogen and oxygen atoms in total. The smallest absolute Gasteiger partial charge is 0.263 e. The predicted molar refractivity (Wildman–Crippen MR) is 117 cm³/mol. The summed E-state index contributed by atoms with van der Waals surface area (Å²) >= 11 is 8.86. The SMILES string of the molecule is COc1ccccc1C(CNC(=O)c1sc(-c2ccc(Cl)s2)nc1C)N(C)C. The number of carbonyl (C=O) groups is 1. The van der Waals surface area contributed by atoms with Gasteiger partial charge in [0, 0.05) is 12.1 Å². The molecular formula is C20H22ClN3O2S2. The van der Waals surface area contributed by atoms with E-state index in [1.807, 2.05) is 57.4 Å². The van der Waals surface area contributed by atoms with Gasteiger partial charge < -0.3 is 15.0 Å². The average molecular weight is 436 g/mol. The van der Waals surface area contributed by atoms with Crippen molar-refractivity contribution in [1.29, 1.82) is 0 Å². The molecule has 0 aliphatic heterocycles. The minimum atomic E-state index is -0.120. The largest absolute Gasteiger partial charge is 0.496 e. The topological polar surface area (TPSA) is 54.5 Å². The molecule has 0 saturated carbocycles. The number of thiazole rings is 1. The zero-order chi connectivity index (χ0) is 20.3. The van der Waals surface area contributed by atoms with Gasteiger partial charge in [0.2, 0.25) is 0 Å². The summed E-state index contributed by atoms with van der Waals surface area (Å²) in [5.74, 6) is 0.687. The van der Waals surface area contributed by atoms with Crippen LogP contribution >= 0.6 is 34.3 Å². The van der Waals surface area contributed by atoms with E-state index in [9.17, 15) is 4.79 Å². The molecule has 0 radical (unpaired) electrons. The maximum absolute atomic E-state index is 12.8. The number of amides is 1. The summed E-state index contributed by atoms with van der Waals surface area (Å²) in [5.41, 5.74) is 1.76. The van der Waals surface area contributed by atoms with Crippen LogP contribution in [0.2, 0.25) is 4.34 Å². The van der Waals surface area contributed by atoms with Crippen LogP contribution in [0.3, 0.4) is 0 Å². The number of hydrogen-bond donors (Lipinski definition) is 1. The van der Waals surface area contributed by atoms with Crippen molar-refractivity contribution in [3.8, 4) is 15.6 Å². The van der Waals surface area contributed by atoms with Gasteiger partial charge in [-0.05, 0) is 39.2 Å². The molecule has 1 N–H and O–H groups in total. The molecule has 2 aromatic heterocycles. The molecular weight excluding hydrogens is 414 g/mol. The number of aryl methyl sites for hydroxylation is 1. The number of halogens is 1. The molecule has 0 fully saturated rings. The fraction of sp³-hybridized carbons (Fsp3) is 0.300. The Morgan fingerprint density at radius 2 is 2.00 bits per heavy atom. The number of thiophene rings is 1. The Morgan fingerprint density at radius 3 is 2.64 bits per heavy atom. The molecule has 3 rings (SSSR count). The van der Waals surface area contributed by atoms with Crippen LogP contribution in [0.1, 0.15) is 27.0 Å². The van der Waals surface area contributed by atoms with E-state index < -0.39 is 0 Å². The highest BCUT2D eigenvalue weighted by Crippen LogP contribution is 2.35. The Hall–Kier alpha value is -1.93. The lowest BCUT2D eigenvalue weighted by Crippen LogP contribution is -2.34. The van der Waals surface area contributed by atoms with Crippen LogP contribution in [0.25, 0.3) is 9.88 Å². The van der Waals surface area contributed by atoms with Crippen LogP contribution in [-0.4, -0.2) is 43.5 Å². The molecule has 0 aliphatic rings. The van der Waals surface area contributed by atoms with E-state index in [1.54, 1.807) is 7.11 Å². The number of nitrogens with one attached hydrogen (secondary N) is 1. The predicted octanol–water partition coefficient (Wildman–Crippen LogP) is 4.87. The Labute approximate surface area is 177 Å². The molecule has 1 atom stereocenters. The minimum absolute atomic E-state index is 0.0103. The molecule has 1 aromatic carbocycles. The number of ether oxygens (including phenoxy) is 1. The number of rotatable bonds is 7. The number of nitrogens with zero attached hydrogens (tertiary/aromatic N) is 2. The van der Waals surface area contributed by atoms with Crippen molar-refractivity contribution in [2.75, 3.05) is 27.7 Å². The third kappa shape index (κ3) is 4.55. The summed E-state index contributed by atoms with van der Waals surface area (Å²) in [6, 6.07) is 11.6. The van der Waals surface area contributed by atoms with Crippen molar-refractivity contribution in [1.82, 2.24) is 15.2 Å². The Kier molecular flexibility index (Phi) is 6.72. The lowest BCUT2D eigenvalue weighted by Gasteiger charge is -2.26. The molecule has 0 bridgehead atoms. The van der Waals surface area contributed by atoms with Gasteiger partial charge in [-0.1, -0.05) is 29.8 Å². The second kappa shape index (κ2) is 9.05. The van der Waals surface area contributed by atoms with Gasteiger partial charge in [-0.15, -0.1) is 22.7 Å². The van der Waals surface area contributed by atoms with E-state index in [0.29, 0.717) is 15.8 Å². The van der Waals surface area contributed by atoms with Crippen LogP contribution in [0.5, 0.6) is 5.75 Å². The van der Waals surface area contributed by atoms with E-state index in [0.717, 1.165) is 26.9 Å². The molecule has 1 unspecified atom stereocenters. The van der Waals surface area contributed by atoms with Crippen molar-refractivity contribution in [2.45, 2.75) is 13.0 Å². The second-order valence-electron chi connectivity index (χ2n) is 6.47. The van der Waals surface area contributed by atoms with E-state index in [1.165, 1.54) is 22.7 Å². The van der Waals surface area contributed by atoms with Gasteiger partial charge in [0.25, 0.3) is 5.91 Å². The van der Waals surface area contributed by atoms with Crippen molar-refractivity contribution in [3.63, 3.8) is 0 Å². The second-order valence-corrected chi connectivity index (χ2v) is 9.18. The van der Waals surface area contributed by atoms with E-state index in [2.05, 4.69) is 15.2 Å². The number of methoxy groups -OCH3 is 1. The maximum atomic E-state index is 12.8. The summed E-state index contributed by atoms with van der Waals surface area (Å²) in [4.78, 5) is 21.0. The van der Waals surface area contributed by atoms with Crippen LogP contribution in [0.15, 0.2) is 36.4 Å². The van der Waals surface area contributed by atoms with Crippen LogP contribution in [0.4, 0.5) is 0 Å². The number of likely N-dealkylation sites (N-methyl/N-ethyl adjacent to an activating group) is 1. The summed E-state index contributed by atoms with van der Waals surface area (Å²) in [5, 5.41) is 3.87. The molecule has 0 saturated heterocycles. The van der Waals surface area contributed by atoms with Crippen molar-refractivity contribution >= 4 is 40.2 Å². The van der Waals surface area contributed by atoms with Gasteiger partial charge in [-0.3, -0.25) is 4.79 Å². The molecule has 8 heteroatoms. The van der Waals surface area contributed by atoms with Gasteiger partial charge in [0.15, 0.2) is 0 Å². The van der Waals surface area contributed by atoms with Gasteiger partial charge in [0.1, 0.15) is 15.6 Å². The van der Waals surface area contributed by atoms with E-state index in [4.69, 9.17) is 16.3 Å². The zero-order valence-electron chi connectivity index (χ0n) is 16.2. The normalized spacial score (nSPS) is 12.2. The first-order valence-corrected chi connectivity index (χ1v) is 10.7. The summed E-state index contributed by atoms with van der Waals surface area (Å²) in [6.45, 7) is 2.32. The standard InChI is InChI=1S/C20H22ClN3O2S2/c1-12-18(28-20(23-12)16-9-10-17(21)27-16)19(25)22-11-14(24(2)3)13-7-5-6-8-15(13)26-4/h5-10,14H,11H2,1-4H3,(H,22,25). The molecule has 1 amide bonds. The van der Waals surface area contributed by atoms with Crippen LogP contribution in [-0.2, 0) is 0 Å². The number of para-hydroxylation sites is 1. The van der Waals surface area contributed by atoms with Gasteiger partial charge in [-0.25, -0.2) is 4.98 Å². The van der Waals surface area contributed by atoms with Crippen LogP contribution in [0, 0.1) is 6.92 Å². The summed E-state index contributed by atoms with van der Waals surface area (Å²) < 4.78 is 6.19. The third-order valence-electron chi connectivity index (χ3n) is 4.36. The molecule has 3 aromatic rings. The van der Waals surface area contributed by atoms with Crippen molar-refractivity contribution in [3.05, 3.63) is 56.9 Å². The Bertz CT molecular complexity index is 968. The first-order valence-electron chi connectivity index (χ1n) is 8.71. The lowest BCUT2D eigenvalue weighted by molar-refractivity contribution is 0.0944. The number of hydrogen-bond acceptors (Lipinski definition) is 6. The number of aromatic nitrogens is 1. The first kappa shape index (κ1) is 20.8. The molecule has 28 heavy (non-hydrogen) atoms. The molecule has 2 heterocycles. The minimum Gasteiger partial charge on any atom is -0.496 e. The summed E-state index contributed by atoms with van der Waals surface area (Å²) in [6.07, 6.45) is 0. The van der Waals surface area contributed by atoms with Crippen molar-refractivity contribution in [2.24, 2.45) is 0 Å². The summed E-state index contributed by atoms with van der Waals surface area (Å²) in [7, 11) is 5.63. The Morgan fingerprint density at radius 1 is 1.25 bits per heavy atom. The molecule has 0 aliphatic carbocycles. The third-order valence-corrected chi connectivity index (χ3v) is 6.92. The van der Waals surface area contributed by atoms with Crippen molar-refractivity contribution < 1.29 is 9.53 Å². The zero-order valence-corrected chi connectivity index (χ0v) is 18.5. The van der Waals surface area contributed by atoms with Gasteiger partial charge in [-0.2, -0.15) is 0 Å². The highest BCUT2D eigenvalue weighted by Gasteiger charge is 2.22. The van der Waals surface area contributed by atoms with Crippen LogP contribution < -0.4 is 10.1 Å². The van der Waals surface area contributed by atoms with Gasteiger partial charge >= 0.3 is 0 Å². The van der Waals surface area contributed by atoms with Gasteiger partial charge in [0.05, 0.1) is 28.1 Å². The fourth-order valence-electron chi connectivity index (χ4n) is 2.92. The maximum Gasteiger partial charge on any atom is 0.263 e. The number of carbonyl (C=O) groups excluding carboxylic acids is 1. The monoisotopic (exact) mass is 435 g/mol. The fourth-order valence-corrected chi connectivity index (χ4v) is 5.00. The highest BCUT2D eigenvalue weighted by molar-refractivity contribution is 7.24. The first-order chi connectivity index (χ1) is 13.4. The van der Waals surface area contributed by atoms with E-state index in [-0.39, 0.29) is 11.9 Å². The average Bonchev–Trinajstić information content (AvgIpc) is 3.27. The quantitative estimate of drug-likeness (QED) is 0.575. The molecule has 0 spiro atoms. The lowest BCUT2D eigenvalue weighted by atomic mass is 10.0. The molecule has 148 valence electrons. The number of benzene rings is 1.